The molecular formula is C18H28N2O. The average Bonchev–Trinajstić information content (AvgIpc) is 2.96. The number of rotatable bonds is 5. The molecule has 1 saturated carbocycles. The van der Waals surface area contributed by atoms with Crippen molar-refractivity contribution in [3.8, 4) is 0 Å². The van der Waals surface area contributed by atoms with Crippen molar-refractivity contribution in [3.05, 3.63) is 35.4 Å². The van der Waals surface area contributed by atoms with Crippen LogP contribution in [0.25, 0.3) is 0 Å². The van der Waals surface area contributed by atoms with E-state index in [0.29, 0.717) is 18.2 Å². The molecule has 1 N–H and O–H groups in total. The molecule has 0 spiro atoms. The highest BCUT2D eigenvalue weighted by atomic mass is 16.5. The molecule has 3 heteroatoms. The van der Waals surface area contributed by atoms with Gasteiger partial charge in [-0.15, -0.1) is 0 Å². The minimum Gasteiger partial charge on any atom is -0.375 e. The van der Waals surface area contributed by atoms with Crippen LogP contribution >= 0.6 is 0 Å². The standard InChI is InChI=1S/C18H28N2O/c1-14(2)19-12-15-6-3-4-7-16(15)13-20-10-11-21-18-9-5-8-17(18)20/h3-4,6-7,14,17-19H,5,8-13H2,1-2H3. The van der Waals surface area contributed by atoms with Crippen molar-refractivity contribution in [1.29, 1.82) is 0 Å². The van der Waals surface area contributed by atoms with E-state index in [1.807, 2.05) is 0 Å². The largest absolute Gasteiger partial charge is 0.375 e. The Balaban J connectivity index is 1.69. The fourth-order valence-electron chi connectivity index (χ4n) is 3.62. The van der Waals surface area contributed by atoms with Crippen molar-refractivity contribution >= 4 is 0 Å². The van der Waals surface area contributed by atoms with Crippen molar-refractivity contribution in [2.24, 2.45) is 0 Å². The van der Waals surface area contributed by atoms with E-state index in [9.17, 15) is 0 Å². The maximum Gasteiger partial charge on any atom is 0.0731 e. The highest BCUT2D eigenvalue weighted by Crippen LogP contribution is 2.31. The Morgan fingerprint density at radius 1 is 1.24 bits per heavy atom. The highest BCUT2D eigenvalue weighted by Gasteiger charge is 2.35. The summed E-state index contributed by atoms with van der Waals surface area (Å²) in [6, 6.07) is 10.0. The van der Waals surface area contributed by atoms with Crippen molar-refractivity contribution in [2.45, 2.75) is 64.4 Å². The van der Waals surface area contributed by atoms with E-state index in [-0.39, 0.29) is 0 Å². The van der Waals surface area contributed by atoms with Crippen LogP contribution in [0.5, 0.6) is 0 Å². The van der Waals surface area contributed by atoms with Crippen molar-refractivity contribution in [2.75, 3.05) is 13.2 Å². The molecule has 2 aliphatic rings. The van der Waals surface area contributed by atoms with Crippen LogP contribution in [-0.2, 0) is 17.8 Å². The van der Waals surface area contributed by atoms with E-state index in [2.05, 4.69) is 48.3 Å². The Labute approximate surface area is 128 Å². The maximum atomic E-state index is 5.93. The summed E-state index contributed by atoms with van der Waals surface area (Å²) in [5, 5.41) is 3.54. The number of hydrogen-bond donors (Lipinski definition) is 1. The molecule has 0 radical (unpaired) electrons. The van der Waals surface area contributed by atoms with Gasteiger partial charge >= 0.3 is 0 Å². The fraction of sp³-hybridized carbons (Fsp3) is 0.667. The molecule has 1 saturated heterocycles. The second-order valence-corrected chi connectivity index (χ2v) is 6.68. The third-order valence-electron chi connectivity index (χ3n) is 4.79. The van der Waals surface area contributed by atoms with Gasteiger partial charge in [-0.1, -0.05) is 38.1 Å². The van der Waals surface area contributed by atoms with Crippen molar-refractivity contribution in [1.82, 2.24) is 10.2 Å². The number of hydrogen-bond acceptors (Lipinski definition) is 3. The SMILES string of the molecule is CC(C)NCc1ccccc1CN1CCOC2CCCC21. The number of morpholine rings is 1. The average molecular weight is 288 g/mol. The zero-order chi connectivity index (χ0) is 14.7. The van der Waals surface area contributed by atoms with Gasteiger partial charge in [0.25, 0.3) is 0 Å². The molecule has 2 atom stereocenters. The van der Waals surface area contributed by atoms with E-state index >= 15 is 0 Å². The minimum absolute atomic E-state index is 0.486. The molecule has 116 valence electrons. The summed E-state index contributed by atoms with van der Waals surface area (Å²) in [5.74, 6) is 0. The molecule has 3 rings (SSSR count). The third-order valence-corrected chi connectivity index (χ3v) is 4.79. The lowest BCUT2D eigenvalue weighted by Crippen LogP contribution is -2.48. The minimum atomic E-state index is 0.486. The van der Waals surface area contributed by atoms with Gasteiger partial charge in [-0.25, -0.2) is 0 Å². The normalized spacial score (nSPS) is 26.2. The molecule has 2 unspecified atom stereocenters. The summed E-state index contributed by atoms with van der Waals surface area (Å²) >= 11 is 0. The first-order valence-corrected chi connectivity index (χ1v) is 8.40. The number of fused-ring (bicyclic) bond motifs is 1. The van der Waals surface area contributed by atoms with Crippen LogP contribution in [0.3, 0.4) is 0 Å². The zero-order valence-corrected chi connectivity index (χ0v) is 13.3. The van der Waals surface area contributed by atoms with Crippen LogP contribution < -0.4 is 5.32 Å². The lowest BCUT2D eigenvalue weighted by atomic mass is 10.0. The molecule has 1 aromatic rings. The molecule has 0 aromatic heterocycles. The molecule has 3 nitrogen and oxygen atoms in total. The maximum absolute atomic E-state index is 5.93. The van der Waals surface area contributed by atoms with Gasteiger partial charge in [-0.3, -0.25) is 4.90 Å². The Hall–Kier alpha value is -0.900. The molecular weight excluding hydrogens is 260 g/mol. The van der Waals surface area contributed by atoms with Crippen LogP contribution in [0, 0.1) is 0 Å². The van der Waals surface area contributed by atoms with Gasteiger partial charge in [0, 0.05) is 31.7 Å². The van der Waals surface area contributed by atoms with Crippen LogP contribution in [0.15, 0.2) is 24.3 Å². The smallest absolute Gasteiger partial charge is 0.0731 e. The summed E-state index contributed by atoms with van der Waals surface area (Å²) in [5.41, 5.74) is 2.91. The molecule has 0 bridgehead atoms. The van der Waals surface area contributed by atoms with Gasteiger partial charge in [0.2, 0.25) is 0 Å². The quantitative estimate of drug-likeness (QED) is 0.901. The van der Waals surface area contributed by atoms with Crippen molar-refractivity contribution < 1.29 is 4.74 Å². The summed E-state index contributed by atoms with van der Waals surface area (Å²) in [6.07, 6.45) is 4.36. The van der Waals surface area contributed by atoms with E-state index in [4.69, 9.17) is 4.74 Å². The monoisotopic (exact) mass is 288 g/mol. The van der Waals surface area contributed by atoms with Crippen LogP contribution in [0.4, 0.5) is 0 Å². The van der Waals surface area contributed by atoms with Crippen molar-refractivity contribution in [3.63, 3.8) is 0 Å². The summed E-state index contributed by atoms with van der Waals surface area (Å²) in [6.45, 7) is 8.41. The van der Waals surface area contributed by atoms with E-state index in [1.54, 1.807) is 0 Å². The third kappa shape index (κ3) is 3.65. The molecule has 1 aliphatic carbocycles. The van der Waals surface area contributed by atoms with Gasteiger partial charge in [0.05, 0.1) is 12.7 Å². The Morgan fingerprint density at radius 2 is 2.05 bits per heavy atom. The van der Waals surface area contributed by atoms with Crippen LogP contribution in [-0.4, -0.2) is 36.2 Å². The Morgan fingerprint density at radius 3 is 2.86 bits per heavy atom. The van der Waals surface area contributed by atoms with Gasteiger partial charge in [-0.2, -0.15) is 0 Å². The predicted molar refractivity (Wildman–Crippen MR) is 86.2 cm³/mol. The lowest BCUT2D eigenvalue weighted by molar-refractivity contribution is -0.0589. The second-order valence-electron chi connectivity index (χ2n) is 6.68. The molecule has 1 aromatic carbocycles. The van der Waals surface area contributed by atoms with E-state index in [1.165, 1.54) is 30.4 Å². The van der Waals surface area contributed by atoms with Crippen LogP contribution in [0.2, 0.25) is 0 Å². The fourth-order valence-corrected chi connectivity index (χ4v) is 3.62. The summed E-state index contributed by atoms with van der Waals surface area (Å²) in [4.78, 5) is 2.65. The Kier molecular flexibility index (Phi) is 4.94. The Bertz CT molecular complexity index is 460. The number of benzene rings is 1. The first kappa shape index (κ1) is 15.0. The highest BCUT2D eigenvalue weighted by molar-refractivity contribution is 5.27. The molecule has 2 fully saturated rings. The zero-order valence-electron chi connectivity index (χ0n) is 13.3. The topological polar surface area (TPSA) is 24.5 Å². The van der Waals surface area contributed by atoms with Gasteiger partial charge in [-0.05, 0) is 30.4 Å². The molecule has 1 heterocycles. The van der Waals surface area contributed by atoms with Gasteiger partial charge < -0.3 is 10.1 Å². The second kappa shape index (κ2) is 6.91. The van der Waals surface area contributed by atoms with E-state index < -0.39 is 0 Å². The lowest BCUT2D eigenvalue weighted by Gasteiger charge is -2.38. The first-order chi connectivity index (χ1) is 10.2. The summed E-state index contributed by atoms with van der Waals surface area (Å²) < 4.78 is 5.93. The van der Waals surface area contributed by atoms with Gasteiger partial charge in [0.15, 0.2) is 0 Å². The number of nitrogens with zero attached hydrogens (tertiary/aromatic N) is 1. The van der Waals surface area contributed by atoms with Gasteiger partial charge in [0.1, 0.15) is 0 Å². The molecule has 0 amide bonds. The number of ether oxygens (including phenoxy) is 1. The first-order valence-electron chi connectivity index (χ1n) is 8.40. The molecule has 1 aliphatic heterocycles. The summed E-state index contributed by atoms with van der Waals surface area (Å²) in [7, 11) is 0. The van der Waals surface area contributed by atoms with Crippen LogP contribution in [0.1, 0.15) is 44.2 Å². The predicted octanol–water partition coefficient (Wildman–Crippen LogP) is 2.94. The molecule has 21 heavy (non-hydrogen) atoms. The number of nitrogens with one attached hydrogen (secondary N) is 1. The van der Waals surface area contributed by atoms with E-state index in [0.717, 1.165) is 26.2 Å².